The zero-order chi connectivity index (χ0) is 20.6. The van der Waals surface area contributed by atoms with Gasteiger partial charge in [0, 0.05) is 37.6 Å². The van der Waals surface area contributed by atoms with E-state index in [2.05, 4.69) is 20.7 Å². The lowest BCUT2D eigenvalue weighted by Crippen LogP contribution is -2.39. The summed E-state index contributed by atoms with van der Waals surface area (Å²) in [5.41, 5.74) is 1.37. The predicted octanol–water partition coefficient (Wildman–Crippen LogP) is 2.30. The van der Waals surface area contributed by atoms with Gasteiger partial charge >= 0.3 is 6.03 Å². The van der Waals surface area contributed by atoms with Crippen LogP contribution in [0, 0.1) is 5.92 Å². The first-order valence-electron chi connectivity index (χ1n) is 9.42. The lowest BCUT2D eigenvalue weighted by molar-refractivity contribution is 0.0911. The largest absolute Gasteiger partial charge is 0.388 e. The third-order valence-corrected chi connectivity index (χ3v) is 4.47. The molecule has 0 saturated carbocycles. The molecule has 3 rings (SSSR count). The first-order chi connectivity index (χ1) is 14.0. The van der Waals surface area contributed by atoms with E-state index in [1.807, 2.05) is 49.3 Å². The van der Waals surface area contributed by atoms with Crippen molar-refractivity contribution in [3.05, 3.63) is 72.7 Å². The highest BCUT2D eigenvalue weighted by molar-refractivity contribution is 5.90. The van der Waals surface area contributed by atoms with Gasteiger partial charge < -0.3 is 20.6 Å². The Balaban J connectivity index is 1.65. The third-order valence-electron chi connectivity index (χ3n) is 4.47. The van der Waals surface area contributed by atoms with Crippen molar-refractivity contribution in [2.24, 2.45) is 5.92 Å². The van der Waals surface area contributed by atoms with E-state index in [4.69, 9.17) is 0 Å². The predicted molar refractivity (Wildman–Crippen MR) is 112 cm³/mol. The van der Waals surface area contributed by atoms with Crippen molar-refractivity contribution in [1.29, 1.82) is 0 Å². The van der Waals surface area contributed by atoms with Crippen LogP contribution in [0.15, 0.2) is 67.1 Å². The van der Waals surface area contributed by atoms with Gasteiger partial charge in [-0.05, 0) is 37.9 Å². The summed E-state index contributed by atoms with van der Waals surface area (Å²) in [6.45, 7) is 0.944. The van der Waals surface area contributed by atoms with Crippen molar-refractivity contribution in [3.8, 4) is 5.82 Å². The van der Waals surface area contributed by atoms with Crippen LogP contribution in [0.2, 0.25) is 0 Å². The summed E-state index contributed by atoms with van der Waals surface area (Å²) in [4.78, 5) is 18.8. The lowest BCUT2D eigenvalue weighted by Gasteiger charge is -2.26. The monoisotopic (exact) mass is 394 g/mol. The molecule has 0 aliphatic carbocycles. The molecule has 0 unspecified atom stereocenters. The fourth-order valence-corrected chi connectivity index (χ4v) is 3.13. The highest BCUT2D eigenvalue weighted by Gasteiger charge is 2.22. The van der Waals surface area contributed by atoms with Crippen LogP contribution in [-0.4, -0.2) is 58.0 Å². The fourth-order valence-electron chi connectivity index (χ4n) is 3.13. The molecule has 0 fully saturated rings. The first kappa shape index (κ1) is 20.5. The average Bonchev–Trinajstić information content (AvgIpc) is 3.26. The second kappa shape index (κ2) is 9.81. The molecule has 2 heterocycles. The second-order valence-electron chi connectivity index (χ2n) is 7.04. The number of carbonyl (C=O) groups excluding carboxylic acids is 1. The van der Waals surface area contributed by atoms with Crippen LogP contribution in [0.1, 0.15) is 11.7 Å². The van der Waals surface area contributed by atoms with E-state index in [0.717, 1.165) is 5.56 Å². The Morgan fingerprint density at radius 2 is 1.93 bits per heavy atom. The maximum atomic E-state index is 12.5. The molecular weight excluding hydrogens is 368 g/mol. The number of hydrogen-bond acceptors (Lipinski definition) is 5. The van der Waals surface area contributed by atoms with Crippen LogP contribution in [0.3, 0.4) is 0 Å². The van der Waals surface area contributed by atoms with Crippen molar-refractivity contribution in [1.82, 2.24) is 25.0 Å². The molecule has 0 aliphatic heterocycles. The molecule has 1 aromatic carbocycles. The molecule has 2 amide bonds. The summed E-state index contributed by atoms with van der Waals surface area (Å²) in [5, 5.41) is 20.6. The topological polar surface area (TPSA) is 95.3 Å². The van der Waals surface area contributed by atoms with Crippen molar-refractivity contribution < 1.29 is 9.90 Å². The number of anilines is 1. The molecule has 8 nitrogen and oxygen atoms in total. The quantitative estimate of drug-likeness (QED) is 0.545. The first-order valence-corrected chi connectivity index (χ1v) is 9.42. The number of carbonyl (C=O) groups is 1. The van der Waals surface area contributed by atoms with Gasteiger partial charge in [0.1, 0.15) is 0 Å². The van der Waals surface area contributed by atoms with Gasteiger partial charge in [-0.15, -0.1) is 0 Å². The second-order valence-corrected chi connectivity index (χ2v) is 7.04. The SMILES string of the molecule is CN(C)C[C@@H](CNC(=O)Nc1cccnc1-n1cccn1)[C@@H](O)c1ccccc1. The maximum Gasteiger partial charge on any atom is 0.319 e. The van der Waals surface area contributed by atoms with Crippen LogP contribution < -0.4 is 10.6 Å². The van der Waals surface area contributed by atoms with E-state index >= 15 is 0 Å². The van der Waals surface area contributed by atoms with Crippen molar-refractivity contribution in [3.63, 3.8) is 0 Å². The number of aliphatic hydroxyl groups excluding tert-OH is 1. The number of nitrogens with one attached hydrogen (secondary N) is 2. The number of amides is 2. The summed E-state index contributed by atoms with van der Waals surface area (Å²) < 4.78 is 1.59. The summed E-state index contributed by atoms with van der Waals surface area (Å²) in [6.07, 6.45) is 4.37. The van der Waals surface area contributed by atoms with Crippen molar-refractivity contribution >= 4 is 11.7 Å². The molecule has 0 bridgehead atoms. The van der Waals surface area contributed by atoms with Crippen molar-refractivity contribution in [2.75, 3.05) is 32.5 Å². The van der Waals surface area contributed by atoms with E-state index in [9.17, 15) is 9.90 Å². The molecule has 8 heteroatoms. The Morgan fingerprint density at radius 1 is 1.14 bits per heavy atom. The van der Waals surface area contributed by atoms with Crippen molar-refractivity contribution in [2.45, 2.75) is 6.10 Å². The summed E-state index contributed by atoms with van der Waals surface area (Å²) in [5.74, 6) is 0.361. The number of nitrogens with zero attached hydrogens (tertiary/aromatic N) is 4. The van der Waals surface area contributed by atoms with Gasteiger partial charge in [-0.1, -0.05) is 30.3 Å². The fraction of sp³-hybridized carbons (Fsp3) is 0.286. The molecule has 0 spiro atoms. The van der Waals surface area contributed by atoms with E-state index in [1.165, 1.54) is 0 Å². The summed E-state index contributed by atoms with van der Waals surface area (Å²) in [6, 6.07) is 14.4. The normalized spacial score (nSPS) is 13.1. The number of benzene rings is 1. The van der Waals surface area contributed by atoms with E-state index in [0.29, 0.717) is 24.6 Å². The number of hydrogen-bond donors (Lipinski definition) is 3. The smallest absolute Gasteiger partial charge is 0.319 e. The minimum atomic E-state index is -0.683. The zero-order valence-corrected chi connectivity index (χ0v) is 16.6. The van der Waals surface area contributed by atoms with Gasteiger partial charge in [0.25, 0.3) is 0 Å². The number of aliphatic hydroxyl groups is 1. The standard InChI is InChI=1S/C21H26N6O2/c1-26(2)15-17(19(28)16-8-4-3-5-9-16)14-23-21(29)25-18-10-6-11-22-20(18)27-13-7-12-24-27/h3-13,17,19,28H,14-15H2,1-2H3,(H2,23,25,29)/t17-,19+/m1/s1. The van der Waals surface area contributed by atoms with Crippen LogP contribution in [0.5, 0.6) is 0 Å². The summed E-state index contributed by atoms with van der Waals surface area (Å²) >= 11 is 0. The number of urea groups is 1. The maximum absolute atomic E-state index is 12.5. The molecule has 3 aromatic rings. The van der Waals surface area contributed by atoms with Gasteiger partial charge in [-0.3, -0.25) is 0 Å². The van der Waals surface area contributed by atoms with E-state index < -0.39 is 6.10 Å². The Kier molecular flexibility index (Phi) is 6.94. The van der Waals surface area contributed by atoms with Crippen LogP contribution in [-0.2, 0) is 0 Å². The van der Waals surface area contributed by atoms with Crippen LogP contribution >= 0.6 is 0 Å². The molecule has 152 valence electrons. The minimum absolute atomic E-state index is 0.169. The van der Waals surface area contributed by atoms with Gasteiger partial charge in [0.05, 0.1) is 11.8 Å². The van der Waals surface area contributed by atoms with Crippen LogP contribution in [0.4, 0.5) is 10.5 Å². The molecule has 29 heavy (non-hydrogen) atoms. The number of pyridine rings is 1. The number of aromatic nitrogens is 3. The average molecular weight is 394 g/mol. The minimum Gasteiger partial charge on any atom is -0.388 e. The zero-order valence-electron chi connectivity index (χ0n) is 16.6. The molecule has 2 atom stereocenters. The Labute approximate surface area is 170 Å². The molecular formula is C21H26N6O2. The van der Waals surface area contributed by atoms with E-state index in [1.54, 1.807) is 41.5 Å². The Bertz CT molecular complexity index is 899. The molecule has 3 N–H and O–H groups in total. The van der Waals surface area contributed by atoms with E-state index in [-0.39, 0.29) is 11.9 Å². The van der Waals surface area contributed by atoms with Gasteiger partial charge in [-0.2, -0.15) is 5.10 Å². The Morgan fingerprint density at radius 3 is 2.62 bits per heavy atom. The molecule has 0 saturated heterocycles. The Hall–Kier alpha value is -3.23. The molecule has 0 aliphatic rings. The van der Waals surface area contributed by atoms with Gasteiger partial charge in [0.15, 0.2) is 5.82 Å². The summed E-state index contributed by atoms with van der Waals surface area (Å²) in [7, 11) is 3.88. The van der Waals surface area contributed by atoms with Gasteiger partial charge in [-0.25, -0.2) is 14.5 Å². The van der Waals surface area contributed by atoms with Crippen LogP contribution in [0.25, 0.3) is 5.82 Å². The highest BCUT2D eigenvalue weighted by atomic mass is 16.3. The van der Waals surface area contributed by atoms with Gasteiger partial charge in [0.2, 0.25) is 0 Å². The molecule has 2 aromatic heterocycles. The highest BCUT2D eigenvalue weighted by Crippen LogP contribution is 2.22. The number of rotatable bonds is 8. The lowest BCUT2D eigenvalue weighted by atomic mass is 9.95. The molecule has 0 radical (unpaired) electrons. The third kappa shape index (κ3) is 5.63.